The zero-order valence-corrected chi connectivity index (χ0v) is 14.8. The van der Waals surface area contributed by atoms with Crippen LogP contribution in [0.3, 0.4) is 0 Å². The van der Waals surface area contributed by atoms with Gasteiger partial charge in [0.05, 0.1) is 5.56 Å². The third-order valence-corrected chi connectivity index (χ3v) is 3.95. The number of hydrogen-bond acceptors (Lipinski definition) is 3. The van der Waals surface area contributed by atoms with Gasteiger partial charge in [-0.05, 0) is 59.7 Å². The van der Waals surface area contributed by atoms with Crippen LogP contribution in [-0.2, 0) is 0 Å². The van der Waals surface area contributed by atoms with Crippen molar-refractivity contribution in [2.24, 2.45) is 0 Å². The van der Waals surface area contributed by atoms with Crippen LogP contribution in [0.25, 0.3) is 11.1 Å². The minimum absolute atomic E-state index is 0.410. The summed E-state index contributed by atoms with van der Waals surface area (Å²) in [7, 11) is 0. The van der Waals surface area contributed by atoms with Crippen LogP contribution in [0.15, 0.2) is 85.5 Å². The van der Waals surface area contributed by atoms with E-state index in [0.29, 0.717) is 22.9 Å². The lowest BCUT2D eigenvalue weighted by molar-refractivity contribution is 0.0735. The molecule has 0 heterocycles. The Morgan fingerprint density at radius 2 is 1.38 bits per heavy atom. The van der Waals surface area contributed by atoms with Crippen molar-refractivity contribution >= 4 is 17.6 Å². The van der Waals surface area contributed by atoms with Gasteiger partial charge in [0.2, 0.25) is 0 Å². The third-order valence-electron chi connectivity index (χ3n) is 3.70. The van der Waals surface area contributed by atoms with Gasteiger partial charge < -0.3 is 9.47 Å². The van der Waals surface area contributed by atoms with Gasteiger partial charge in [0.25, 0.3) is 0 Å². The summed E-state index contributed by atoms with van der Waals surface area (Å²) in [4.78, 5) is 12.2. The monoisotopic (exact) mass is 364 g/mol. The van der Waals surface area contributed by atoms with Crippen molar-refractivity contribution in [2.75, 3.05) is 6.61 Å². The maximum Gasteiger partial charge on any atom is 0.343 e. The Labute approximate surface area is 157 Å². The maximum absolute atomic E-state index is 12.2. The van der Waals surface area contributed by atoms with E-state index >= 15 is 0 Å². The first-order valence-electron chi connectivity index (χ1n) is 8.07. The molecule has 3 rings (SSSR count). The highest BCUT2D eigenvalue weighted by Gasteiger charge is 2.09. The Morgan fingerprint density at radius 3 is 1.96 bits per heavy atom. The predicted octanol–water partition coefficient (Wildman–Crippen LogP) is 5.79. The Morgan fingerprint density at radius 1 is 0.846 bits per heavy atom. The number of halogens is 1. The van der Waals surface area contributed by atoms with Crippen LogP contribution in [0.4, 0.5) is 0 Å². The van der Waals surface area contributed by atoms with Crippen molar-refractivity contribution in [3.63, 3.8) is 0 Å². The SMILES string of the molecule is C=CCOc1ccc(-c2ccc(C(=O)Oc3ccc(Cl)cc3)cc2)cc1. The van der Waals surface area contributed by atoms with Gasteiger partial charge in [-0.25, -0.2) is 4.79 Å². The molecule has 0 saturated heterocycles. The van der Waals surface area contributed by atoms with Crippen LogP contribution in [-0.4, -0.2) is 12.6 Å². The number of esters is 1. The molecule has 0 aliphatic heterocycles. The van der Waals surface area contributed by atoms with Crippen molar-refractivity contribution < 1.29 is 14.3 Å². The number of carbonyl (C=O) groups is 1. The fraction of sp³-hybridized carbons (Fsp3) is 0.0455. The largest absolute Gasteiger partial charge is 0.490 e. The van der Waals surface area contributed by atoms with E-state index in [-0.39, 0.29) is 0 Å². The molecule has 0 N–H and O–H groups in total. The van der Waals surface area contributed by atoms with Gasteiger partial charge in [-0.1, -0.05) is 48.5 Å². The molecule has 0 unspecified atom stereocenters. The molecule has 0 aliphatic rings. The van der Waals surface area contributed by atoms with Crippen LogP contribution in [0.2, 0.25) is 5.02 Å². The molecule has 0 saturated carbocycles. The molecule has 0 atom stereocenters. The van der Waals surface area contributed by atoms with E-state index in [2.05, 4.69) is 6.58 Å². The molecule has 0 spiro atoms. The second-order valence-corrected chi connectivity index (χ2v) is 5.98. The van der Waals surface area contributed by atoms with Crippen molar-refractivity contribution in [3.05, 3.63) is 96.0 Å². The number of ether oxygens (including phenoxy) is 2. The Bertz CT molecular complexity index is 882. The van der Waals surface area contributed by atoms with Crippen LogP contribution in [0, 0.1) is 0 Å². The lowest BCUT2D eigenvalue weighted by atomic mass is 10.0. The molecule has 3 nitrogen and oxygen atoms in total. The van der Waals surface area contributed by atoms with Crippen LogP contribution in [0.1, 0.15) is 10.4 Å². The topological polar surface area (TPSA) is 35.5 Å². The predicted molar refractivity (Wildman–Crippen MR) is 104 cm³/mol. The van der Waals surface area contributed by atoms with Crippen LogP contribution < -0.4 is 9.47 Å². The van der Waals surface area contributed by atoms with Crippen LogP contribution >= 0.6 is 11.6 Å². The summed E-state index contributed by atoms with van der Waals surface area (Å²) in [6.45, 7) is 4.10. The quantitative estimate of drug-likeness (QED) is 0.315. The molecule has 0 fully saturated rings. The van der Waals surface area contributed by atoms with E-state index in [1.54, 1.807) is 42.5 Å². The molecule has 0 amide bonds. The molecule has 130 valence electrons. The van der Waals surface area contributed by atoms with Crippen molar-refractivity contribution in [1.29, 1.82) is 0 Å². The number of benzene rings is 3. The normalized spacial score (nSPS) is 10.2. The molecule has 0 aromatic heterocycles. The first-order valence-corrected chi connectivity index (χ1v) is 8.45. The lowest BCUT2D eigenvalue weighted by Crippen LogP contribution is -2.08. The number of carbonyl (C=O) groups excluding carboxylic acids is 1. The molecule has 3 aromatic rings. The van der Waals surface area contributed by atoms with E-state index < -0.39 is 5.97 Å². The van der Waals surface area contributed by atoms with Gasteiger partial charge >= 0.3 is 5.97 Å². The number of rotatable bonds is 6. The van der Waals surface area contributed by atoms with Gasteiger partial charge in [0.15, 0.2) is 0 Å². The average molecular weight is 365 g/mol. The van der Waals surface area contributed by atoms with Gasteiger partial charge in [-0.3, -0.25) is 0 Å². The third kappa shape index (κ3) is 4.52. The van der Waals surface area contributed by atoms with Gasteiger partial charge in [-0.15, -0.1) is 0 Å². The summed E-state index contributed by atoms with van der Waals surface area (Å²) in [6.07, 6.45) is 1.70. The van der Waals surface area contributed by atoms with E-state index in [9.17, 15) is 4.79 Å². The fourth-order valence-corrected chi connectivity index (χ4v) is 2.49. The smallest absolute Gasteiger partial charge is 0.343 e. The fourth-order valence-electron chi connectivity index (χ4n) is 2.37. The summed E-state index contributed by atoms with van der Waals surface area (Å²) in [5.41, 5.74) is 2.52. The molecule has 4 heteroatoms. The maximum atomic E-state index is 12.2. The number of hydrogen-bond donors (Lipinski definition) is 0. The van der Waals surface area contributed by atoms with E-state index in [4.69, 9.17) is 21.1 Å². The standard InChI is InChI=1S/C22H17ClO3/c1-2-15-25-20-11-7-17(8-12-20)16-3-5-18(6-4-16)22(24)26-21-13-9-19(23)10-14-21/h2-14H,1,15H2. The first kappa shape index (κ1) is 17.8. The van der Waals surface area contributed by atoms with E-state index in [1.807, 2.05) is 36.4 Å². The van der Waals surface area contributed by atoms with Gasteiger partial charge in [0, 0.05) is 5.02 Å². The second kappa shape index (κ2) is 8.37. The van der Waals surface area contributed by atoms with Crippen molar-refractivity contribution in [1.82, 2.24) is 0 Å². The second-order valence-electron chi connectivity index (χ2n) is 5.54. The highest BCUT2D eigenvalue weighted by atomic mass is 35.5. The first-order chi connectivity index (χ1) is 12.7. The molecule has 0 bridgehead atoms. The molecule has 0 aliphatic carbocycles. The zero-order chi connectivity index (χ0) is 18.4. The summed E-state index contributed by atoms with van der Waals surface area (Å²) >= 11 is 5.82. The molecule has 3 aromatic carbocycles. The van der Waals surface area contributed by atoms with Crippen LogP contribution in [0.5, 0.6) is 11.5 Å². The molecule has 0 radical (unpaired) electrons. The summed E-state index contributed by atoms with van der Waals surface area (Å²) in [5.74, 6) is 0.836. The summed E-state index contributed by atoms with van der Waals surface area (Å²) < 4.78 is 10.8. The summed E-state index contributed by atoms with van der Waals surface area (Å²) in [6, 6.07) is 21.7. The van der Waals surface area contributed by atoms with Gasteiger partial charge in [0.1, 0.15) is 18.1 Å². The summed E-state index contributed by atoms with van der Waals surface area (Å²) in [5, 5.41) is 0.593. The average Bonchev–Trinajstić information content (AvgIpc) is 2.68. The highest BCUT2D eigenvalue weighted by Crippen LogP contribution is 2.23. The minimum Gasteiger partial charge on any atom is -0.490 e. The van der Waals surface area contributed by atoms with E-state index in [1.165, 1.54) is 0 Å². The van der Waals surface area contributed by atoms with Crippen molar-refractivity contribution in [3.8, 4) is 22.6 Å². The Balaban J connectivity index is 1.68. The molecular formula is C22H17ClO3. The van der Waals surface area contributed by atoms with E-state index in [0.717, 1.165) is 16.9 Å². The zero-order valence-electron chi connectivity index (χ0n) is 14.0. The van der Waals surface area contributed by atoms with Gasteiger partial charge in [-0.2, -0.15) is 0 Å². The molecular weight excluding hydrogens is 348 g/mol. The van der Waals surface area contributed by atoms with Crippen molar-refractivity contribution in [2.45, 2.75) is 0 Å². The Hall–Kier alpha value is -3.04. The minimum atomic E-state index is -0.410. The highest BCUT2D eigenvalue weighted by molar-refractivity contribution is 6.30. The molecule has 26 heavy (non-hydrogen) atoms. The Kier molecular flexibility index (Phi) is 5.72. The lowest BCUT2D eigenvalue weighted by Gasteiger charge is -2.07.